The summed E-state index contributed by atoms with van der Waals surface area (Å²) in [7, 11) is 1.48. The summed E-state index contributed by atoms with van der Waals surface area (Å²) < 4.78 is 39.6. The lowest BCUT2D eigenvalue weighted by Gasteiger charge is -2.38. The number of hydrogen-bond acceptors (Lipinski definition) is 10. The third-order valence-corrected chi connectivity index (χ3v) is 6.24. The fourth-order valence-electron chi connectivity index (χ4n) is 3.54. The van der Waals surface area contributed by atoms with Crippen molar-refractivity contribution in [3.05, 3.63) is 35.7 Å². The Balaban J connectivity index is 1.58. The second-order valence-corrected chi connectivity index (χ2v) is 8.76. The molecular weight excluding hydrogens is 505 g/mol. The molecule has 4 heterocycles. The molecule has 0 aromatic carbocycles. The van der Waals surface area contributed by atoms with Crippen LogP contribution < -0.4 is 10.2 Å². The lowest BCUT2D eigenvalue weighted by molar-refractivity contribution is -0.145. The second kappa shape index (κ2) is 9.27. The number of thiazole rings is 1. The summed E-state index contributed by atoms with van der Waals surface area (Å²) in [5.41, 5.74) is 1.62. The van der Waals surface area contributed by atoms with Crippen LogP contribution in [0.15, 0.2) is 24.2 Å². The van der Waals surface area contributed by atoms with Crippen molar-refractivity contribution in [1.82, 2.24) is 29.4 Å². The van der Waals surface area contributed by atoms with Gasteiger partial charge >= 0.3 is 6.18 Å². The number of carbonyl (C=O) groups excluding carboxylic acids is 3. The Kier molecular flexibility index (Phi) is 6.48. The molecule has 2 atom stereocenters. The minimum Gasteiger partial charge on any atom is -0.356 e. The highest BCUT2D eigenvalue weighted by Crippen LogP contribution is 2.34. The van der Waals surface area contributed by atoms with Crippen molar-refractivity contribution in [2.75, 3.05) is 23.8 Å². The quantitative estimate of drug-likeness (QED) is 0.492. The molecule has 3 aromatic rings. The van der Waals surface area contributed by atoms with Crippen molar-refractivity contribution in [2.24, 2.45) is 0 Å². The number of aliphatic hydroxyl groups excluding tert-OH is 1. The zero-order valence-electron chi connectivity index (χ0n) is 19.0. The number of alkyl halides is 3. The molecule has 1 aliphatic rings. The van der Waals surface area contributed by atoms with E-state index in [0.717, 1.165) is 28.6 Å². The number of nitrogens with one attached hydrogen (secondary N) is 1. The van der Waals surface area contributed by atoms with Crippen LogP contribution >= 0.6 is 11.3 Å². The van der Waals surface area contributed by atoms with Crippen molar-refractivity contribution in [3.8, 4) is 10.4 Å². The van der Waals surface area contributed by atoms with Crippen LogP contribution in [-0.2, 0) is 15.8 Å². The highest BCUT2D eigenvalue weighted by atomic mass is 32.1. The Bertz CT molecular complexity index is 1320. The SMILES string of the molecule is CC(=O)CN1C(=O)c2c(ncn2[C@@H](C)C(=O)Nc2ncsc2-c2cnc(C(F)(F)F)nc2)N(C)C1O. The van der Waals surface area contributed by atoms with Crippen LogP contribution in [-0.4, -0.2) is 72.1 Å². The number of carbonyl (C=O) groups is 3. The molecular formula is C20H19F3N8O4S. The first-order chi connectivity index (χ1) is 16.9. The van der Waals surface area contributed by atoms with Gasteiger partial charge < -0.3 is 19.9 Å². The van der Waals surface area contributed by atoms with E-state index in [0.29, 0.717) is 4.88 Å². The summed E-state index contributed by atoms with van der Waals surface area (Å²) in [6.45, 7) is 2.43. The van der Waals surface area contributed by atoms with Crippen molar-refractivity contribution in [2.45, 2.75) is 32.4 Å². The zero-order chi connectivity index (χ0) is 26.4. The highest BCUT2D eigenvalue weighted by molar-refractivity contribution is 7.13. The van der Waals surface area contributed by atoms with E-state index in [2.05, 4.69) is 25.3 Å². The Morgan fingerprint density at radius 2 is 1.89 bits per heavy atom. The van der Waals surface area contributed by atoms with Crippen molar-refractivity contribution >= 4 is 40.6 Å². The van der Waals surface area contributed by atoms with Gasteiger partial charge in [-0.25, -0.2) is 19.9 Å². The fraction of sp³-hybridized carbons (Fsp3) is 0.350. The number of anilines is 2. The summed E-state index contributed by atoms with van der Waals surface area (Å²) >= 11 is 1.06. The van der Waals surface area contributed by atoms with E-state index in [1.807, 2.05) is 0 Å². The molecule has 190 valence electrons. The van der Waals surface area contributed by atoms with Gasteiger partial charge in [0.25, 0.3) is 5.91 Å². The number of rotatable bonds is 6. The number of aromatic nitrogens is 5. The molecule has 0 radical (unpaired) electrons. The van der Waals surface area contributed by atoms with Crippen LogP contribution in [0, 0.1) is 0 Å². The van der Waals surface area contributed by atoms with Crippen LogP contribution in [0.4, 0.5) is 24.8 Å². The van der Waals surface area contributed by atoms with Crippen molar-refractivity contribution in [3.63, 3.8) is 0 Å². The van der Waals surface area contributed by atoms with Gasteiger partial charge in [0.1, 0.15) is 11.8 Å². The number of aliphatic hydroxyl groups is 1. The number of amides is 2. The lowest BCUT2D eigenvalue weighted by atomic mass is 10.2. The fourth-order valence-corrected chi connectivity index (χ4v) is 4.26. The standard InChI is InChI=1S/C20H19F3N8O4S/c1-9(32)6-30-17(34)12-15(29(3)19(30)35)26-7-31(12)10(2)16(33)28-14-13(36-8-27-14)11-4-24-18(25-5-11)20(21,22)23/h4-5,7-8,10,19,35H,6H2,1-3H3,(H,28,33)/t10-,19?/m0/s1. The monoisotopic (exact) mass is 524 g/mol. The average Bonchev–Trinajstić information content (AvgIpc) is 3.47. The summed E-state index contributed by atoms with van der Waals surface area (Å²) in [5.74, 6) is -2.72. The van der Waals surface area contributed by atoms with E-state index in [1.54, 1.807) is 0 Å². The predicted molar refractivity (Wildman–Crippen MR) is 120 cm³/mol. The largest absolute Gasteiger partial charge is 0.451 e. The molecule has 3 aromatic heterocycles. The minimum absolute atomic E-state index is 0.00124. The van der Waals surface area contributed by atoms with Gasteiger partial charge in [0.2, 0.25) is 18.1 Å². The molecule has 2 N–H and O–H groups in total. The van der Waals surface area contributed by atoms with Crippen LogP contribution in [0.1, 0.15) is 36.2 Å². The molecule has 36 heavy (non-hydrogen) atoms. The Hall–Kier alpha value is -3.92. The Morgan fingerprint density at radius 3 is 2.50 bits per heavy atom. The molecule has 12 nitrogen and oxygen atoms in total. The number of imidazole rings is 1. The molecule has 0 bridgehead atoms. The second-order valence-electron chi connectivity index (χ2n) is 7.90. The van der Waals surface area contributed by atoms with Crippen LogP contribution in [0.3, 0.4) is 0 Å². The molecule has 0 saturated heterocycles. The Labute approximate surface area is 205 Å². The molecule has 2 amide bonds. The number of nitrogens with zero attached hydrogens (tertiary/aromatic N) is 7. The summed E-state index contributed by atoms with van der Waals surface area (Å²) in [5, 5.41) is 13.0. The third kappa shape index (κ3) is 4.51. The molecule has 0 saturated carbocycles. The number of ketones is 1. The van der Waals surface area contributed by atoms with Gasteiger partial charge in [-0.3, -0.25) is 19.3 Å². The van der Waals surface area contributed by atoms with Gasteiger partial charge in [-0.1, -0.05) is 0 Å². The highest BCUT2D eigenvalue weighted by Gasteiger charge is 2.40. The van der Waals surface area contributed by atoms with E-state index in [1.165, 1.54) is 42.2 Å². The van der Waals surface area contributed by atoms with Crippen LogP contribution in [0.2, 0.25) is 0 Å². The summed E-state index contributed by atoms with van der Waals surface area (Å²) in [6.07, 6.45) is -2.87. The van der Waals surface area contributed by atoms with E-state index in [9.17, 15) is 32.7 Å². The van der Waals surface area contributed by atoms with Gasteiger partial charge in [0.05, 0.1) is 23.3 Å². The molecule has 4 rings (SSSR count). The summed E-state index contributed by atoms with van der Waals surface area (Å²) in [4.78, 5) is 55.2. The number of Topliss-reactive ketones (excluding diaryl/α,β-unsaturated/α-hetero) is 1. The smallest absolute Gasteiger partial charge is 0.356 e. The minimum atomic E-state index is -4.69. The number of fused-ring (bicyclic) bond motifs is 1. The van der Waals surface area contributed by atoms with E-state index in [-0.39, 0.29) is 35.2 Å². The lowest BCUT2D eigenvalue weighted by Crippen LogP contribution is -2.55. The number of halogens is 3. The van der Waals surface area contributed by atoms with Gasteiger partial charge in [-0.2, -0.15) is 13.2 Å². The van der Waals surface area contributed by atoms with Gasteiger partial charge in [-0.05, 0) is 13.8 Å². The molecule has 1 unspecified atom stereocenters. The summed E-state index contributed by atoms with van der Waals surface area (Å²) in [6, 6.07) is -0.994. The predicted octanol–water partition coefficient (Wildman–Crippen LogP) is 1.77. The topological polar surface area (TPSA) is 146 Å². The maximum absolute atomic E-state index is 13.1. The van der Waals surface area contributed by atoms with E-state index >= 15 is 0 Å². The van der Waals surface area contributed by atoms with Gasteiger partial charge in [-0.15, -0.1) is 11.3 Å². The van der Waals surface area contributed by atoms with Crippen molar-refractivity contribution in [1.29, 1.82) is 0 Å². The average molecular weight is 524 g/mol. The maximum atomic E-state index is 13.1. The van der Waals surface area contributed by atoms with Crippen LogP contribution in [0.5, 0.6) is 0 Å². The molecule has 0 aliphatic carbocycles. The van der Waals surface area contributed by atoms with Gasteiger partial charge in [0, 0.05) is 25.0 Å². The molecule has 1 aliphatic heterocycles. The first-order valence-corrected chi connectivity index (χ1v) is 11.2. The third-order valence-electron chi connectivity index (χ3n) is 5.36. The maximum Gasteiger partial charge on any atom is 0.451 e. The molecule has 16 heteroatoms. The first kappa shape index (κ1) is 25.2. The zero-order valence-corrected chi connectivity index (χ0v) is 19.8. The van der Waals surface area contributed by atoms with E-state index < -0.39 is 36.2 Å². The first-order valence-electron chi connectivity index (χ1n) is 10.3. The number of hydrogen-bond donors (Lipinski definition) is 2. The van der Waals surface area contributed by atoms with Crippen LogP contribution in [0.25, 0.3) is 10.4 Å². The van der Waals surface area contributed by atoms with Gasteiger partial charge in [0.15, 0.2) is 17.3 Å². The Morgan fingerprint density at radius 1 is 1.22 bits per heavy atom. The van der Waals surface area contributed by atoms with Crippen molar-refractivity contribution < 1.29 is 32.7 Å². The molecule has 0 spiro atoms. The van der Waals surface area contributed by atoms with E-state index in [4.69, 9.17) is 0 Å². The molecule has 0 fully saturated rings. The normalized spacial score (nSPS) is 16.6.